The number of rotatable bonds is 1. The number of thiol groups is 1. The Kier molecular flexibility index (Phi) is 1.39. The molecule has 1 N–H and O–H groups in total. The molecule has 0 aliphatic carbocycles. The fourth-order valence-electron chi connectivity index (χ4n) is 0.457. The highest BCUT2D eigenvalue weighted by Gasteiger charge is 1.95. The Hall–Kier alpha value is -0.700. The van der Waals surface area contributed by atoms with Crippen LogP contribution in [-0.2, 0) is 0 Å². The van der Waals surface area contributed by atoms with Crippen molar-refractivity contribution in [1.82, 2.24) is 4.98 Å². The van der Waals surface area contributed by atoms with E-state index in [2.05, 4.69) is 17.6 Å². The molecule has 0 aliphatic heterocycles. The number of H-pyrrole nitrogens is 1. The molecule has 3 heteroatoms. The molecular weight excluding hydrogens is 122 g/mol. The fraction of sp³-hybridized carbons (Fsp3) is 0. The van der Waals surface area contributed by atoms with Gasteiger partial charge in [0.25, 0.3) is 0 Å². The Morgan fingerprint density at radius 1 is 1.75 bits per heavy atom. The average Bonchev–Trinajstić information content (AvgIpc) is 2.12. The van der Waals surface area contributed by atoms with E-state index in [0.717, 1.165) is 0 Å². The van der Waals surface area contributed by atoms with Gasteiger partial charge < -0.3 is 4.98 Å². The van der Waals surface area contributed by atoms with Crippen molar-refractivity contribution in [3.05, 3.63) is 24.0 Å². The highest BCUT2D eigenvalue weighted by Crippen LogP contribution is 1.99. The van der Waals surface area contributed by atoms with Crippen molar-refractivity contribution in [1.29, 1.82) is 0 Å². The minimum atomic E-state index is -0.203. The summed E-state index contributed by atoms with van der Waals surface area (Å²) in [6, 6.07) is 1.68. The number of aromatic nitrogens is 1. The van der Waals surface area contributed by atoms with Gasteiger partial charge >= 0.3 is 0 Å². The molecule has 0 radical (unpaired) electrons. The van der Waals surface area contributed by atoms with Crippen LogP contribution in [0.3, 0.4) is 0 Å². The maximum absolute atomic E-state index is 10.4. The second-order valence-electron chi connectivity index (χ2n) is 1.40. The zero-order valence-corrected chi connectivity index (χ0v) is 4.98. The first-order chi connectivity index (χ1) is 3.80. The SMILES string of the molecule is O=C(S)c1cc[nH]c1. The molecule has 1 aromatic rings. The van der Waals surface area contributed by atoms with Crippen molar-refractivity contribution < 1.29 is 4.79 Å². The molecule has 42 valence electrons. The maximum Gasteiger partial charge on any atom is 0.217 e. The molecular formula is C5H5NOS. The molecule has 0 saturated heterocycles. The van der Waals surface area contributed by atoms with Crippen molar-refractivity contribution in [3.8, 4) is 0 Å². The van der Waals surface area contributed by atoms with Gasteiger partial charge in [0.1, 0.15) is 0 Å². The Morgan fingerprint density at radius 2 is 2.50 bits per heavy atom. The van der Waals surface area contributed by atoms with E-state index in [4.69, 9.17) is 0 Å². The zero-order valence-electron chi connectivity index (χ0n) is 4.09. The van der Waals surface area contributed by atoms with Crippen LogP contribution < -0.4 is 0 Å². The smallest absolute Gasteiger partial charge is 0.217 e. The van der Waals surface area contributed by atoms with Crippen LogP contribution in [0.25, 0.3) is 0 Å². The predicted octanol–water partition coefficient (Wildman–Crippen LogP) is 1.08. The molecule has 0 spiro atoms. The second kappa shape index (κ2) is 2.05. The van der Waals surface area contributed by atoms with Gasteiger partial charge in [-0.15, -0.1) is 12.6 Å². The van der Waals surface area contributed by atoms with Crippen LogP contribution in [0.1, 0.15) is 10.4 Å². The summed E-state index contributed by atoms with van der Waals surface area (Å²) in [7, 11) is 0. The van der Waals surface area contributed by atoms with Crippen LogP contribution >= 0.6 is 12.6 Å². The van der Waals surface area contributed by atoms with E-state index in [9.17, 15) is 4.79 Å². The Morgan fingerprint density at radius 3 is 2.75 bits per heavy atom. The Bertz CT molecular complexity index is 180. The first kappa shape index (κ1) is 5.44. The summed E-state index contributed by atoms with van der Waals surface area (Å²) >= 11 is 3.59. The number of hydrogen-bond donors (Lipinski definition) is 2. The van der Waals surface area contributed by atoms with Crippen molar-refractivity contribution in [2.75, 3.05) is 0 Å². The van der Waals surface area contributed by atoms with Gasteiger partial charge in [0.2, 0.25) is 5.12 Å². The van der Waals surface area contributed by atoms with E-state index in [-0.39, 0.29) is 5.12 Å². The summed E-state index contributed by atoms with van der Waals surface area (Å²) in [6.45, 7) is 0. The summed E-state index contributed by atoms with van der Waals surface area (Å²) in [4.78, 5) is 13.1. The molecule has 0 bridgehead atoms. The molecule has 1 rings (SSSR count). The van der Waals surface area contributed by atoms with Gasteiger partial charge in [0.15, 0.2) is 0 Å². The third-order valence-corrected chi connectivity index (χ3v) is 1.10. The van der Waals surface area contributed by atoms with Gasteiger partial charge in [-0.05, 0) is 6.07 Å². The lowest BCUT2D eigenvalue weighted by molar-refractivity contribution is 0.109. The number of carbonyl (C=O) groups excluding carboxylic acids is 1. The average molecular weight is 127 g/mol. The van der Waals surface area contributed by atoms with Gasteiger partial charge in [-0.2, -0.15) is 0 Å². The van der Waals surface area contributed by atoms with E-state index in [1.54, 1.807) is 18.5 Å². The van der Waals surface area contributed by atoms with Crippen LogP contribution in [0.15, 0.2) is 18.5 Å². The largest absolute Gasteiger partial charge is 0.367 e. The van der Waals surface area contributed by atoms with Crippen LogP contribution in [0, 0.1) is 0 Å². The van der Waals surface area contributed by atoms with Crippen LogP contribution in [0.4, 0.5) is 0 Å². The summed E-state index contributed by atoms with van der Waals surface area (Å²) in [5.41, 5.74) is 0.605. The predicted molar refractivity (Wildman–Crippen MR) is 34.1 cm³/mol. The molecule has 8 heavy (non-hydrogen) atoms. The van der Waals surface area contributed by atoms with Crippen molar-refractivity contribution in [2.24, 2.45) is 0 Å². The monoisotopic (exact) mass is 127 g/mol. The second-order valence-corrected chi connectivity index (χ2v) is 1.81. The fourth-order valence-corrected chi connectivity index (χ4v) is 0.596. The molecule has 0 atom stereocenters. The molecule has 1 aromatic heterocycles. The molecule has 1 heterocycles. The zero-order chi connectivity index (χ0) is 5.98. The lowest BCUT2D eigenvalue weighted by Crippen LogP contribution is -1.81. The van der Waals surface area contributed by atoms with E-state index < -0.39 is 0 Å². The van der Waals surface area contributed by atoms with Gasteiger partial charge in [-0.3, -0.25) is 4.79 Å². The van der Waals surface area contributed by atoms with Crippen LogP contribution in [0.5, 0.6) is 0 Å². The maximum atomic E-state index is 10.4. The lowest BCUT2D eigenvalue weighted by Gasteiger charge is -1.78. The Balaban J connectivity index is 2.93. The van der Waals surface area contributed by atoms with E-state index >= 15 is 0 Å². The number of hydrogen-bond acceptors (Lipinski definition) is 1. The first-order valence-corrected chi connectivity index (χ1v) is 2.61. The number of nitrogens with one attached hydrogen (secondary N) is 1. The third kappa shape index (κ3) is 0.924. The van der Waals surface area contributed by atoms with Crippen molar-refractivity contribution >= 4 is 17.7 Å². The summed E-state index contributed by atoms with van der Waals surface area (Å²) in [5.74, 6) is 0. The van der Waals surface area contributed by atoms with Crippen LogP contribution in [0.2, 0.25) is 0 Å². The standard InChI is InChI=1S/C5H5NOS/c7-5(8)4-1-2-6-3-4/h1-3,6H,(H,7,8). The van der Waals surface area contributed by atoms with Crippen molar-refractivity contribution in [3.63, 3.8) is 0 Å². The quantitative estimate of drug-likeness (QED) is 0.544. The molecule has 0 amide bonds. The van der Waals surface area contributed by atoms with Gasteiger partial charge in [0.05, 0.1) is 0 Å². The minimum Gasteiger partial charge on any atom is -0.367 e. The van der Waals surface area contributed by atoms with Crippen molar-refractivity contribution in [2.45, 2.75) is 0 Å². The highest BCUT2D eigenvalue weighted by molar-refractivity contribution is 7.97. The number of aromatic amines is 1. The normalized spacial score (nSPS) is 9.12. The summed E-state index contributed by atoms with van der Waals surface area (Å²) in [6.07, 6.45) is 3.29. The highest BCUT2D eigenvalue weighted by atomic mass is 32.1. The minimum absolute atomic E-state index is 0.203. The number of carbonyl (C=O) groups is 1. The molecule has 0 aliphatic rings. The molecule has 0 aromatic carbocycles. The summed E-state index contributed by atoms with van der Waals surface area (Å²) in [5, 5.41) is -0.203. The first-order valence-electron chi connectivity index (χ1n) is 2.17. The van der Waals surface area contributed by atoms with Crippen LogP contribution in [-0.4, -0.2) is 10.1 Å². The third-order valence-electron chi connectivity index (χ3n) is 0.845. The molecule has 2 nitrogen and oxygen atoms in total. The lowest BCUT2D eigenvalue weighted by atomic mass is 10.4. The molecule has 0 saturated carbocycles. The van der Waals surface area contributed by atoms with Gasteiger partial charge in [-0.1, -0.05) is 0 Å². The Labute approximate surface area is 52.3 Å². The molecule has 0 fully saturated rings. The van der Waals surface area contributed by atoms with E-state index in [1.165, 1.54) is 0 Å². The van der Waals surface area contributed by atoms with Gasteiger partial charge in [0, 0.05) is 18.0 Å². The molecule has 0 unspecified atom stereocenters. The topological polar surface area (TPSA) is 32.9 Å². The summed E-state index contributed by atoms with van der Waals surface area (Å²) < 4.78 is 0. The van der Waals surface area contributed by atoms with Gasteiger partial charge in [-0.25, -0.2) is 0 Å². The van der Waals surface area contributed by atoms with E-state index in [0.29, 0.717) is 5.56 Å². The van der Waals surface area contributed by atoms with E-state index in [1.807, 2.05) is 0 Å².